The molecule has 0 saturated heterocycles. The predicted molar refractivity (Wildman–Crippen MR) is 66.8 cm³/mol. The number of aliphatic hydroxyl groups excluding tert-OH is 1. The fourth-order valence-corrected chi connectivity index (χ4v) is 2.77. The molecule has 1 aromatic heterocycles. The molecule has 0 spiro atoms. The summed E-state index contributed by atoms with van der Waals surface area (Å²) in [6.45, 7) is 1.99. The average molecular weight is 235 g/mol. The first-order valence-electron chi connectivity index (χ1n) is 6.33. The van der Waals surface area contributed by atoms with Crippen molar-refractivity contribution in [2.75, 3.05) is 7.11 Å². The minimum absolute atomic E-state index is 0.409. The number of nitrogens with zero attached hydrogens (tertiary/aromatic N) is 1. The summed E-state index contributed by atoms with van der Waals surface area (Å²) in [5, 5.41) is 10.6. The highest BCUT2D eigenvalue weighted by atomic mass is 16.5. The number of hydrogen-bond donors (Lipinski definition) is 1. The molecule has 0 aromatic carbocycles. The van der Waals surface area contributed by atoms with E-state index in [1.807, 2.05) is 13.0 Å². The molecular formula is C14H21NO2. The molecule has 3 nitrogen and oxygen atoms in total. The highest BCUT2D eigenvalue weighted by molar-refractivity contribution is 5.21. The summed E-state index contributed by atoms with van der Waals surface area (Å²) in [5.41, 5.74) is 1.53. The summed E-state index contributed by atoms with van der Waals surface area (Å²) in [5.74, 6) is 0. The lowest BCUT2D eigenvalue weighted by molar-refractivity contribution is -0.125. The number of rotatable bonds is 3. The highest BCUT2D eigenvalue weighted by Gasteiger charge is 2.40. The van der Waals surface area contributed by atoms with Gasteiger partial charge in [0.15, 0.2) is 0 Å². The van der Waals surface area contributed by atoms with Gasteiger partial charge in [0.1, 0.15) is 6.10 Å². The molecule has 1 heterocycles. The maximum Gasteiger partial charge on any atom is 0.109 e. The third-order valence-electron chi connectivity index (χ3n) is 3.82. The zero-order valence-corrected chi connectivity index (χ0v) is 10.6. The van der Waals surface area contributed by atoms with Gasteiger partial charge in [0.2, 0.25) is 0 Å². The first-order chi connectivity index (χ1) is 8.18. The summed E-state index contributed by atoms with van der Waals surface area (Å²) >= 11 is 0. The van der Waals surface area contributed by atoms with Crippen LogP contribution in [-0.2, 0) is 4.74 Å². The van der Waals surface area contributed by atoms with Gasteiger partial charge in [-0.1, -0.05) is 25.3 Å². The maximum absolute atomic E-state index is 10.6. The summed E-state index contributed by atoms with van der Waals surface area (Å²) < 4.78 is 5.66. The van der Waals surface area contributed by atoms with Crippen LogP contribution in [0.2, 0.25) is 0 Å². The third kappa shape index (κ3) is 2.50. The van der Waals surface area contributed by atoms with E-state index in [-0.39, 0.29) is 0 Å². The zero-order valence-electron chi connectivity index (χ0n) is 10.6. The Balaban J connectivity index is 2.24. The average Bonchev–Trinajstić information content (AvgIpc) is 2.38. The molecule has 2 rings (SSSR count). The maximum atomic E-state index is 10.6. The molecular weight excluding hydrogens is 214 g/mol. The Morgan fingerprint density at radius 1 is 1.29 bits per heavy atom. The fourth-order valence-electron chi connectivity index (χ4n) is 2.77. The molecule has 3 heteroatoms. The number of hydrogen-bond acceptors (Lipinski definition) is 3. The van der Waals surface area contributed by atoms with Crippen molar-refractivity contribution in [2.24, 2.45) is 0 Å². The van der Waals surface area contributed by atoms with E-state index in [2.05, 4.69) is 4.98 Å². The Kier molecular flexibility index (Phi) is 3.79. The van der Waals surface area contributed by atoms with Crippen LogP contribution in [0.3, 0.4) is 0 Å². The topological polar surface area (TPSA) is 42.4 Å². The fraction of sp³-hybridized carbons (Fsp3) is 0.643. The second kappa shape index (κ2) is 5.15. The summed E-state index contributed by atoms with van der Waals surface area (Å²) in [6.07, 6.45) is 8.33. The van der Waals surface area contributed by atoms with E-state index in [0.717, 1.165) is 36.8 Å². The second-order valence-electron chi connectivity index (χ2n) is 5.03. The summed E-state index contributed by atoms with van der Waals surface area (Å²) in [7, 11) is 1.71. The molecule has 1 unspecified atom stereocenters. The normalized spacial score (nSPS) is 21.1. The van der Waals surface area contributed by atoms with Gasteiger partial charge in [0.05, 0.1) is 5.60 Å². The monoisotopic (exact) mass is 235 g/mol. The lowest BCUT2D eigenvalue weighted by Gasteiger charge is -2.40. The highest BCUT2D eigenvalue weighted by Crippen LogP contribution is 2.40. The molecule has 1 aromatic rings. The van der Waals surface area contributed by atoms with Gasteiger partial charge in [0, 0.05) is 25.1 Å². The molecule has 0 amide bonds. The van der Waals surface area contributed by atoms with Crippen LogP contribution in [0.1, 0.15) is 49.3 Å². The Bertz CT molecular complexity index is 372. The molecule has 0 radical (unpaired) electrons. The molecule has 94 valence electrons. The number of ether oxygens (including phenoxy) is 1. The zero-order chi connectivity index (χ0) is 12.3. The van der Waals surface area contributed by atoms with Gasteiger partial charge < -0.3 is 9.84 Å². The number of aryl methyl sites for hydroxylation is 1. The standard InChI is InChI=1S/C14H21NO2/c1-11-8-12(10-15-9-11)13(16)14(17-2)6-4-3-5-7-14/h8-10,13,16H,3-7H2,1-2H3. The summed E-state index contributed by atoms with van der Waals surface area (Å²) in [6, 6.07) is 1.99. The van der Waals surface area contributed by atoms with Crippen LogP contribution in [0.15, 0.2) is 18.5 Å². The van der Waals surface area contributed by atoms with Gasteiger partial charge in [-0.15, -0.1) is 0 Å². The minimum Gasteiger partial charge on any atom is -0.385 e. The van der Waals surface area contributed by atoms with Crippen LogP contribution >= 0.6 is 0 Å². The number of aromatic nitrogens is 1. The van der Waals surface area contributed by atoms with Crippen molar-refractivity contribution in [1.82, 2.24) is 4.98 Å². The van der Waals surface area contributed by atoms with Crippen molar-refractivity contribution >= 4 is 0 Å². The van der Waals surface area contributed by atoms with E-state index in [0.29, 0.717) is 0 Å². The molecule has 1 fully saturated rings. The van der Waals surface area contributed by atoms with Crippen LogP contribution < -0.4 is 0 Å². The van der Waals surface area contributed by atoms with Gasteiger partial charge in [-0.05, 0) is 25.3 Å². The molecule has 17 heavy (non-hydrogen) atoms. The van der Waals surface area contributed by atoms with Gasteiger partial charge in [-0.3, -0.25) is 4.98 Å². The lowest BCUT2D eigenvalue weighted by Crippen LogP contribution is -2.40. The molecule has 1 aliphatic rings. The Hall–Kier alpha value is -0.930. The Morgan fingerprint density at radius 3 is 2.59 bits per heavy atom. The largest absolute Gasteiger partial charge is 0.385 e. The van der Waals surface area contributed by atoms with Crippen LogP contribution in [0.4, 0.5) is 0 Å². The quantitative estimate of drug-likeness (QED) is 0.876. The van der Waals surface area contributed by atoms with E-state index < -0.39 is 11.7 Å². The number of pyridine rings is 1. The summed E-state index contributed by atoms with van der Waals surface area (Å²) in [4.78, 5) is 4.15. The van der Waals surface area contributed by atoms with E-state index in [1.54, 1.807) is 19.5 Å². The van der Waals surface area contributed by atoms with Gasteiger partial charge in [0.25, 0.3) is 0 Å². The Morgan fingerprint density at radius 2 is 2.00 bits per heavy atom. The van der Waals surface area contributed by atoms with Crippen LogP contribution in [-0.4, -0.2) is 22.8 Å². The van der Waals surface area contributed by atoms with Crippen molar-refractivity contribution in [3.63, 3.8) is 0 Å². The van der Waals surface area contributed by atoms with E-state index in [4.69, 9.17) is 4.74 Å². The Labute approximate surface area is 103 Å². The number of aliphatic hydroxyl groups is 1. The van der Waals surface area contributed by atoms with Gasteiger partial charge in [-0.2, -0.15) is 0 Å². The lowest BCUT2D eigenvalue weighted by atomic mass is 9.78. The first-order valence-corrected chi connectivity index (χ1v) is 6.33. The SMILES string of the molecule is COC1(C(O)c2cncc(C)c2)CCCCC1. The van der Waals surface area contributed by atoms with Crippen molar-refractivity contribution in [3.8, 4) is 0 Å². The van der Waals surface area contributed by atoms with Crippen molar-refractivity contribution in [1.29, 1.82) is 0 Å². The molecule has 0 aliphatic heterocycles. The van der Waals surface area contributed by atoms with E-state index >= 15 is 0 Å². The van der Waals surface area contributed by atoms with Gasteiger partial charge >= 0.3 is 0 Å². The third-order valence-corrected chi connectivity index (χ3v) is 3.82. The predicted octanol–water partition coefficient (Wildman–Crippen LogP) is 2.77. The number of methoxy groups -OCH3 is 1. The van der Waals surface area contributed by atoms with E-state index in [9.17, 15) is 5.11 Å². The van der Waals surface area contributed by atoms with Crippen molar-refractivity contribution in [2.45, 2.75) is 50.7 Å². The van der Waals surface area contributed by atoms with Crippen LogP contribution in [0.25, 0.3) is 0 Å². The van der Waals surface area contributed by atoms with Crippen LogP contribution in [0, 0.1) is 6.92 Å². The van der Waals surface area contributed by atoms with Crippen LogP contribution in [0.5, 0.6) is 0 Å². The molecule has 1 saturated carbocycles. The van der Waals surface area contributed by atoms with E-state index in [1.165, 1.54) is 6.42 Å². The smallest absolute Gasteiger partial charge is 0.109 e. The van der Waals surface area contributed by atoms with Crippen molar-refractivity contribution < 1.29 is 9.84 Å². The first kappa shape index (κ1) is 12.5. The minimum atomic E-state index is -0.569. The molecule has 1 aliphatic carbocycles. The molecule has 1 atom stereocenters. The second-order valence-corrected chi connectivity index (χ2v) is 5.03. The molecule has 1 N–H and O–H groups in total. The van der Waals surface area contributed by atoms with Crippen molar-refractivity contribution in [3.05, 3.63) is 29.6 Å². The molecule has 0 bridgehead atoms. The van der Waals surface area contributed by atoms with Gasteiger partial charge in [-0.25, -0.2) is 0 Å².